The van der Waals surface area contributed by atoms with E-state index in [1.807, 2.05) is 48.5 Å². The Morgan fingerprint density at radius 1 is 0.722 bits per heavy atom. The lowest BCUT2D eigenvalue weighted by molar-refractivity contribution is 0.324. The van der Waals surface area contributed by atoms with Crippen molar-refractivity contribution in [3.8, 4) is 40.0 Å². The van der Waals surface area contributed by atoms with E-state index in [1.165, 1.54) is 5.56 Å². The van der Waals surface area contributed by atoms with Crippen molar-refractivity contribution in [2.24, 2.45) is 0 Å². The van der Waals surface area contributed by atoms with Gasteiger partial charge in [0.1, 0.15) is 11.5 Å². The van der Waals surface area contributed by atoms with E-state index < -0.39 is 0 Å². The number of hydrogen-bond donors (Lipinski definition) is 1. The number of hydrogen-bond acceptors (Lipinski definition) is 8. The van der Waals surface area contributed by atoms with Crippen molar-refractivity contribution in [3.05, 3.63) is 76.7 Å². The highest BCUT2D eigenvalue weighted by Crippen LogP contribution is 2.41. The van der Waals surface area contributed by atoms with E-state index in [0.717, 1.165) is 44.7 Å². The van der Waals surface area contributed by atoms with Crippen LogP contribution in [0, 0.1) is 0 Å². The van der Waals surface area contributed by atoms with Crippen molar-refractivity contribution in [3.63, 3.8) is 0 Å². The first-order valence-electron chi connectivity index (χ1n) is 11.4. The summed E-state index contributed by atoms with van der Waals surface area (Å²) in [4.78, 5) is 6.10. The van der Waals surface area contributed by atoms with Gasteiger partial charge in [0.05, 0.1) is 41.2 Å². The molecule has 1 aromatic heterocycles. The van der Waals surface area contributed by atoms with E-state index >= 15 is 0 Å². The second-order valence-corrected chi connectivity index (χ2v) is 8.99. The van der Waals surface area contributed by atoms with E-state index in [4.69, 9.17) is 28.7 Å². The molecule has 0 aliphatic rings. The predicted octanol–water partition coefficient (Wildman–Crippen LogP) is 6.06. The molecule has 0 bridgehead atoms. The average molecular weight is 507 g/mol. The molecule has 3 aromatic carbocycles. The van der Waals surface area contributed by atoms with Crippen molar-refractivity contribution >= 4 is 16.5 Å². The summed E-state index contributed by atoms with van der Waals surface area (Å²) in [7, 11) is 8.13. The van der Waals surface area contributed by atoms with Gasteiger partial charge in [-0.2, -0.15) is 0 Å². The third kappa shape index (κ3) is 5.49. The highest BCUT2D eigenvalue weighted by Gasteiger charge is 2.19. The minimum Gasteiger partial charge on any atom is -0.497 e. The van der Waals surface area contributed by atoms with Gasteiger partial charge in [-0.25, -0.2) is 4.98 Å². The van der Waals surface area contributed by atoms with E-state index in [2.05, 4.69) is 17.4 Å². The van der Waals surface area contributed by atoms with E-state index in [9.17, 15) is 0 Å². The first kappa shape index (κ1) is 25.2. The Bertz CT molecular complexity index is 1280. The fourth-order valence-electron chi connectivity index (χ4n) is 3.95. The fraction of sp³-hybridized carbons (Fsp3) is 0.250. The zero-order valence-corrected chi connectivity index (χ0v) is 21.9. The van der Waals surface area contributed by atoms with Gasteiger partial charge in [-0.3, -0.25) is 0 Å². The van der Waals surface area contributed by atoms with Gasteiger partial charge in [-0.1, -0.05) is 30.3 Å². The number of thiazole rings is 1. The summed E-state index contributed by atoms with van der Waals surface area (Å²) in [6.45, 7) is 0.531. The molecular weight excluding hydrogens is 476 g/mol. The Morgan fingerprint density at radius 3 is 2.03 bits per heavy atom. The number of methoxy groups -OCH3 is 5. The molecule has 36 heavy (non-hydrogen) atoms. The van der Waals surface area contributed by atoms with Gasteiger partial charge in [0, 0.05) is 23.4 Å². The van der Waals surface area contributed by atoms with Crippen molar-refractivity contribution in [1.82, 2.24) is 4.98 Å². The van der Waals surface area contributed by atoms with Crippen LogP contribution >= 0.6 is 11.3 Å². The molecule has 7 nitrogen and oxygen atoms in total. The van der Waals surface area contributed by atoms with Gasteiger partial charge in [0.2, 0.25) is 5.75 Å². The normalized spacial score (nSPS) is 10.6. The van der Waals surface area contributed by atoms with E-state index in [-0.39, 0.29) is 0 Å². The Kier molecular flexibility index (Phi) is 8.17. The lowest BCUT2D eigenvalue weighted by Crippen LogP contribution is -2.02. The van der Waals surface area contributed by atoms with Crippen LogP contribution in [0.2, 0.25) is 0 Å². The van der Waals surface area contributed by atoms with E-state index in [1.54, 1.807) is 46.9 Å². The maximum absolute atomic E-state index is 5.66. The average Bonchev–Trinajstić information content (AvgIpc) is 3.33. The molecule has 0 saturated heterocycles. The number of ether oxygens (including phenoxy) is 5. The van der Waals surface area contributed by atoms with Gasteiger partial charge in [-0.05, 0) is 41.5 Å². The van der Waals surface area contributed by atoms with Crippen LogP contribution in [0.1, 0.15) is 16.0 Å². The molecule has 0 unspecified atom stereocenters. The van der Waals surface area contributed by atoms with Crippen molar-refractivity contribution in [2.45, 2.75) is 13.0 Å². The highest BCUT2D eigenvalue weighted by atomic mass is 32.1. The summed E-state index contributed by atoms with van der Waals surface area (Å²) in [5, 5.41) is 4.27. The molecule has 0 radical (unpaired) electrons. The topological polar surface area (TPSA) is 71.1 Å². The van der Waals surface area contributed by atoms with Crippen LogP contribution in [-0.2, 0) is 13.0 Å². The molecular formula is C28H30N2O5S. The Balaban J connectivity index is 1.69. The molecule has 0 spiro atoms. The Hall–Kier alpha value is -3.91. The first-order chi connectivity index (χ1) is 17.6. The zero-order valence-electron chi connectivity index (χ0n) is 21.1. The van der Waals surface area contributed by atoms with Gasteiger partial charge in [0.15, 0.2) is 16.6 Å². The number of nitrogens with one attached hydrogen (secondary N) is 1. The summed E-state index contributed by atoms with van der Waals surface area (Å²) in [6.07, 6.45) is 0.750. The molecule has 4 aromatic rings. The summed E-state index contributed by atoms with van der Waals surface area (Å²) in [6, 6.07) is 20.0. The Morgan fingerprint density at radius 2 is 1.42 bits per heavy atom. The quantitative estimate of drug-likeness (QED) is 0.265. The van der Waals surface area contributed by atoms with Crippen molar-refractivity contribution in [1.29, 1.82) is 0 Å². The lowest BCUT2D eigenvalue weighted by Gasteiger charge is -2.14. The minimum absolute atomic E-state index is 0.531. The van der Waals surface area contributed by atoms with E-state index in [0.29, 0.717) is 23.8 Å². The standard InChI is InChI=1S/C28H30N2O5S/c1-31-20-11-12-22(32-2)21(16-20)26-25(15-18-9-7-6-8-10-18)36-28(30-26)29-17-19-13-23(33-3)27(35-5)24(14-19)34-4/h6-14,16H,15,17H2,1-5H3,(H,29,30). The van der Waals surface area contributed by atoms with Crippen LogP contribution < -0.4 is 29.0 Å². The Labute approximate surface area is 215 Å². The van der Waals surface area contributed by atoms with Crippen LogP contribution in [-0.4, -0.2) is 40.5 Å². The first-order valence-corrected chi connectivity index (χ1v) is 12.2. The molecule has 1 heterocycles. The number of aromatic nitrogens is 1. The van der Waals surface area contributed by atoms with Gasteiger partial charge in [-0.15, -0.1) is 11.3 Å². The molecule has 0 aliphatic heterocycles. The van der Waals surface area contributed by atoms with Crippen LogP contribution in [0.15, 0.2) is 60.7 Å². The summed E-state index contributed by atoms with van der Waals surface area (Å²) >= 11 is 1.62. The van der Waals surface area contributed by atoms with Crippen molar-refractivity contribution < 1.29 is 23.7 Å². The third-order valence-corrected chi connectivity index (χ3v) is 6.75. The van der Waals surface area contributed by atoms with Crippen LogP contribution in [0.4, 0.5) is 5.13 Å². The van der Waals surface area contributed by atoms with Gasteiger partial charge < -0.3 is 29.0 Å². The summed E-state index contributed by atoms with van der Waals surface area (Å²) < 4.78 is 27.6. The largest absolute Gasteiger partial charge is 0.497 e. The molecule has 0 amide bonds. The number of rotatable bonds is 11. The number of nitrogens with zero attached hydrogens (tertiary/aromatic N) is 1. The maximum Gasteiger partial charge on any atom is 0.203 e. The molecule has 188 valence electrons. The molecule has 0 atom stereocenters. The smallest absolute Gasteiger partial charge is 0.203 e. The third-order valence-electron chi connectivity index (χ3n) is 5.73. The van der Waals surface area contributed by atoms with Crippen LogP contribution in [0.25, 0.3) is 11.3 Å². The molecule has 0 saturated carbocycles. The van der Waals surface area contributed by atoms with Crippen LogP contribution in [0.3, 0.4) is 0 Å². The maximum atomic E-state index is 5.66. The SMILES string of the molecule is COc1ccc(OC)c(-c2nc(NCc3cc(OC)c(OC)c(OC)c3)sc2Cc2ccccc2)c1. The highest BCUT2D eigenvalue weighted by molar-refractivity contribution is 7.16. The monoisotopic (exact) mass is 506 g/mol. The zero-order chi connectivity index (χ0) is 25.5. The molecule has 8 heteroatoms. The number of anilines is 1. The lowest BCUT2D eigenvalue weighted by atomic mass is 10.1. The second-order valence-electron chi connectivity index (χ2n) is 7.91. The second kappa shape index (κ2) is 11.7. The molecule has 4 rings (SSSR count). The summed E-state index contributed by atoms with van der Waals surface area (Å²) in [5.74, 6) is 3.28. The van der Waals surface area contributed by atoms with Crippen LogP contribution in [0.5, 0.6) is 28.7 Å². The fourth-order valence-corrected chi connectivity index (χ4v) is 4.96. The molecule has 1 N–H and O–H groups in total. The van der Waals surface area contributed by atoms with Gasteiger partial charge >= 0.3 is 0 Å². The molecule has 0 aliphatic carbocycles. The van der Waals surface area contributed by atoms with Crippen molar-refractivity contribution in [2.75, 3.05) is 40.9 Å². The van der Waals surface area contributed by atoms with Gasteiger partial charge in [0.25, 0.3) is 0 Å². The number of benzene rings is 3. The summed E-state index contributed by atoms with van der Waals surface area (Å²) in [5.41, 5.74) is 3.94. The predicted molar refractivity (Wildman–Crippen MR) is 143 cm³/mol. The minimum atomic E-state index is 0.531. The molecule has 0 fully saturated rings.